The van der Waals surface area contributed by atoms with E-state index >= 15 is 0 Å². The van der Waals surface area contributed by atoms with E-state index < -0.39 is 5.91 Å². The number of hydrogen-bond acceptors (Lipinski definition) is 7. The van der Waals surface area contributed by atoms with E-state index in [1.807, 2.05) is 18.2 Å². The Kier molecular flexibility index (Phi) is 7.57. The monoisotopic (exact) mass is 545 g/mol. The number of aliphatic imine (C=N–C) groups is 1. The number of amides is 1. The van der Waals surface area contributed by atoms with Gasteiger partial charge in [0.2, 0.25) is 5.17 Å². The first-order chi connectivity index (χ1) is 18.4. The summed E-state index contributed by atoms with van der Waals surface area (Å²) in [5.74, 6) is 1.19. The molecular formula is C28H24ClN5O3S. The molecule has 38 heavy (non-hydrogen) atoms. The lowest BCUT2D eigenvalue weighted by molar-refractivity contribution is -0.114. The predicted octanol–water partition coefficient (Wildman–Crippen LogP) is 5.98. The van der Waals surface area contributed by atoms with Gasteiger partial charge in [0.25, 0.3) is 5.91 Å². The number of nitrogens with one attached hydrogen (secondary N) is 1. The molecule has 0 radical (unpaired) electrons. The molecule has 8 nitrogen and oxygen atoms in total. The van der Waals surface area contributed by atoms with Gasteiger partial charge in [-0.15, -0.1) is 0 Å². The zero-order chi connectivity index (χ0) is 26.6. The fourth-order valence-electron chi connectivity index (χ4n) is 3.75. The van der Waals surface area contributed by atoms with Gasteiger partial charge < -0.3 is 9.47 Å². The van der Waals surface area contributed by atoms with Crippen LogP contribution in [0.15, 0.2) is 82.7 Å². The van der Waals surface area contributed by atoms with E-state index in [1.165, 1.54) is 22.3 Å². The number of hydrogen-bond donors (Lipinski definition) is 1. The van der Waals surface area contributed by atoms with Crippen LogP contribution >= 0.6 is 23.4 Å². The Morgan fingerprint density at radius 3 is 2.61 bits per heavy atom. The van der Waals surface area contributed by atoms with Gasteiger partial charge in [-0.05, 0) is 71.3 Å². The molecule has 0 aliphatic carbocycles. The summed E-state index contributed by atoms with van der Waals surface area (Å²) in [6, 6.07) is 16.9. The van der Waals surface area contributed by atoms with Crippen LogP contribution in [-0.2, 0) is 4.79 Å². The number of aromatic nitrogens is 1. The van der Waals surface area contributed by atoms with Crippen molar-refractivity contribution in [3.63, 3.8) is 0 Å². The van der Waals surface area contributed by atoms with E-state index in [4.69, 9.17) is 26.5 Å². The van der Waals surface area contributed by atoms with Crippen LogP contribution in [0.25, 0.3) is 6.08 Å². The van der Waals surface area contributed by atoms with Gasteiger partial charge in [-0.25, -0.2) is 0 Å². The van der Waals surface area contributed by atoms with Crippen molar-refractivity contribution in [1.82, 2.24) is 9.99 Å². The van der Waals surface area contributed by atoms with Crippen molar-refractivity contribution in [2.24, 2.45) is 10.1 Å². The van der Waals surface area contributed by atoms with Crippen molar-refractivity contribution in [2.75, 3.05) is 13.2 Å². The first-order valence-corrected chi connectivity index (χ1v) is 13.1. The quantitative estimate of drug-likeness (QED) is 0.276. The Hall–Kier alpha value is -3.95. The highest BCUT2D eigenvalue weighted by Crippen LogP contribution is 2.32. The van der Waals surface area contributed by atoms with Crippen LogP contribution in [0.2, 0.25) is 5.02 Å². The maximum Gasteiger partial charge on any atom is 0.283 e. The number of hydrazone groups is 1. The molecule has 10 heteroatoms. The summed E-state index contributed by atoms with van der Waals surface area (Å²) in [6.45, 7) is 4.98. The highest BCUT2D eigenvalue weighted by Gasteiger charge is 2.36. The Balaban J connectivity index is 1.22. The summed E-state index contributed by atoms with van der Waals surface area (Å²) < 4.78 is 11.5. The Morgan fingerprint density at radius 2 is 1.89 bits per heavy atom. The average Bonchev–Trinajstić information content (AvgIpc) is 3.35. The van der Waals surface area contributed by atoms with Crippen LogP contribution in [0.4, 0.5) is 0 Å². The third-order valence-electron chi connectivity index (χ3n) is 5.79. The van der Waals surface area contributed by atoms with Crippen LogP contribution in [0.1, 0.15) is 36.5 Å². The van der Waals surface area contributed by atoms with Crippen molar-refractivity contribution < 1.29 is 14.3 Å². The molecule has 192 valence electrons. The van der Waals surface area contributed by atoms with Gasteiger partial charge in [-0.1, -0.05) is 43.6 Å². The van der Waals surface area contributed by atoms with Gasteiger partial charge in [-0.3, -0.25) is 15.2 Å². The summed E-state index contributed by atoms with van der Waals surface area (Å²) in [6.07, 6.45) is 4.92. The van der Waals surface area contributed by atoms with Gasteiger partial charge in [0.1, 0.15) is 29.8 Å². The van der Waals surface area contributed by atoms with Crippen molar-refractivity contribution in [2.45, 2.75) is 19.8 Å². The second kappa shape index (κ2) is 11.2. The molecule has 1 amide bonds. The number of benzene rings is 2. The lowest BCUT2D eigenvalue weighted by Gasteiger charge is -2.20. The largest absolute Gasteiger partial charge is 0.490 e. The molecular weight excluding hydrogens is 522 g/mol. The number of nitrogens with zero attached hydrogens (tertiary/aromatic N) is 4. The summed E-state index contributed by atoms with van der Waals surface area (Å²) in [5, 5.41) is 15.7. The maximum atomic E-state index is 12.7. The van der Waals surface area contributed by atoms with E-state index in [1.54, 1.807) is 42.7 Å². The Morgan fingerprint density at radius 1 is 1.11 bits per heavy atom. The number of fused-ring (bicyclic) bond motifs is 1. The molecule has 2 aromatic carbocycles. The zero-order valence-electron chi connectivity index (χ0n) is 20.7. The van der Waals surface area contributed by atoms with E-state index in [2.05, 4.69) is 41.1 Å². The van der Waals surface area contributed by atoms with E-state index in [0.717, 1.165) is 11.3 Å². The van der Waals surface area contributed by atoms with Crippen molar-refractivity contribution in [3.05, 3.63) is 94.3 Å². The number of ether oxygens (including phenoxy) is 2. The van der Waals surface area contributed by atoms with Crippen LogP contribution in [0.3, 0.4) is 0 Å². The van der Waals surface area contributed by atoms with Crippen molar-refractivity contribution in [3.8, 4) is 11.5 Å². The maximum absolute atomic E-state index is 12.7. The SMILES string of the molecule is CC(C)c1ccc(OCCOc2ccc(C=C3C(=N)N4N=C(c5cccnc5)SC4=NC3=O)cc2Cl)cc1. The lowest BCUT2D eigenvalue weighted by atomic mass is 10.0. The molecule has 0 atom stereocenters. The van der Waals surface area contributed by atoms with E-state index in [-0.39, 0.29) is 11.4 Å². The highest BCUT2D eigenvalue weighted by atomic mass is 35.5. The minimum absolute atomic E-state index is 0.0542. The van der Waals surface area contributed by atoms with Gasteiger partial charge in [0, 0.05) is 18.0 Å². The fourth-order valence-corrected chi connectivity index (χ4v) is 4.87. The van der Waals surface area contributed by atoms with Gasteiger partial charge >= 0.3 is 0 Å². The molecule has 0 spiro atoms. The number of rotatable bonds is 8. The summed E-state index contributed by atoms with van der Waals surface area (Å²) in [5.41, 5.74) is 2.80. The average molecular weight is 546 g/mol. The van der Waals surface area contributed by atoms with E-state index in [0.29, 0.717) is 45.7 Å². The Bertz CT molecular complexity index is 1470. The molecule has 2 aliphatic rings. The van der Waals surface area contributed by atoms with Gasteiger partial charge in [-0.2, -0.15) is 15.1 Å². The highest BCUT2D eigenvalue weighted by molar-refractivity contribution is 8.27. The number of carbonyl (C=O) groups is 1. The topological polar surface area (TPSA) is 100 Å². The summed E-state index contributed by atoms with van der Waals surface area (Å²) in [4.78, 5) is 20.9. The molecule has 0 saturated carbocycles. The lowest BCUT2D eigenvalue weighted by Crippen LogP contribution is -2.35. The molecule has 0 fully saturated rings. The third kappa shape index (κ3) is 5.64. The van der Waals surface area contributed by atoms with Crippen LogP contribution < -0.4 is 9.47 Å². The van der Waals surface area contributed by atoms with Crippen LogP contribution in [0.5, 0.6) is 11.5 Å². The Labute approximate surface area is 229 Å². The normalized spacial score (nSPS) is 16.0. The molecule has 2 aliphatic heterocycles. The molecule has 5 rings (SSSR count). The molecule has 1 aromatic heterocycles. The first-order valence-electron chi connectivity index (χ1n) is 11.9. The first kappa shape index (κ1) is 25.7. The molecule has 3 heterocycles. The summed E-state index contributed by atoms with van der Waals surface area (Å²) >= 11 is 7.66. The van der Waals surface area contributed by atoms with E-state index in [9.17, 15) is 4.79 Å². The number of pyridine rings is 1. The fraction of sp³-hybridized carbons (Fsp3) is 0.179. The molecule has 0 bridgehead atoms. The van der Waals surface area contributed by atoms with Crippen LogP contribution in [0, 0.1) is 5.41 Å². The van der Waals surface area contributed by atoms with Gasteiger partial charge in [0.05, 0.1) is 10.6 Å². The molecule has 0 unspecified atom stereocenters. The smallest absolute Gasteiger partial charge is 0.283 e. The standard InChI is InChI=1S/C28H24ClN5O3S/c1-17(2)19-6-8-21(9-7-19)36-12-13-37-24-10-5-18(15-23(24)29)14-22-25(30)34-28(32-26(22)35)38-27(33-34)20-4-3-11-31-16-20/h3-11,14-17,30H,12-13H2,1-2H3. The van der Waals surface area contributed by atoms with Crippen LogP contribution in [-0.4, -0.2) is 45.2 Å². The van der Waals surface area contributed by atoms with Gasteiger partial charge in [0.15, 0.2) is 5.84 Å². The number of halogens is 1. The molecule has 0 saturated heterocycles. The predicted molar refractivity (Wildman–Crippen MR) is 151 cm³/mol. The number of thioether (sulfide) groups is 1. The summed E-state index contributed by atoms with van der Waals surface area (Å²) in [7, 11) is 0. The number of amidine groups is 2. The minimum Gasteiger partial charge on any atom is -0.490 e. The second-order valence-corrected chi connectivity index (χ2v) is 10.1. The minimum atomic E-state index is -0.508. The molecule has 1 N–H and O–H groups in total. The zero-order valence-corrected chi connectivity index (χ0v) is 22.3. The number of carbonyl (C=O) groups excluding carboxylic acids is 1. The molecule has 3 aromatic rings. The van der Waals surface area contributed by atoms with Crippen molar-refractivity contribution in [1.29, 1.82) is 5.41 Å². The second-order valence-electron chi connectivity index (χ2n) is 8.78. The third-order valence-corrected chi connectivity index (χ3v) is 7.04. The van der Waals surface area contributed by atoms with Crippen molar-refractivity contribution >= 4 is 51.4 Å².